The van der Waals surface area contributed by atoms with E-state index < -0.39 is 42.0 Å². The quantitative estimate of drug-likeness (QED) is 0.527. The molecular weight excluding hydrogens is 434 g/mol. The van der Waals surface area contributed by atoms with Gasteiger partial charge in [0.05, 0.1) is 6.42 Å². The van der Waals surface area contributed by atoms with Gasteiger partial charge in [-0.05, 0) is 30.7 Å². The van der Waals surface area contributed by atoms with Gasteiger partial charge in [-0.3, -0.25) is 14.4 Å². The number of nitrogens with one attached hydrogen (secondary N) is 3. The van der Waals surface area contributed by atoms with Crippen LogP contribution in [0.3, 0.4) is 0 Å². The van der Waals surface area contributed by atoms with Gasteiger partial charge in [0, 0.05) is 6.42 Å². The van der Waals surface area contributed by atoms with Crippen LogP contribution in [0.15, 0.2) is 30.3 Å². The molecule has 3 N–H and O–H groups in total. The molecule has 188 valence electrons. The lowest BCUT2D eigenvalue weighted by Gasteiger charge is -2.28. The Bertz CT molecular complexity index is 842. The number of hydrogen-bond donors (Lipinski definition) is 3. The van der Waals surface area contributed by atoms with Gasteiger partial charge in [0.1, 0.15) is 24.2 Å². The summed E-state index contributed by atoms with van der Waals surface area (Å²) in [6.07, 6.45) is 2.29. The Hall–Kier alpha value is -2.90. The SMILES string of the molecule is CCCCC(C)C1CC(=O)NC(Cc2ccccc2)C(=O)NC(C)C(=O)NC(C(C)C)C(=O)O1. The number of ether oxygens (including phenoxy) is 1. The normalized spacial score (nSPS) is 25.7. The Labute approximate surface area is 202 Å². The van der Waals surface area contributed by atoms with Crippen LogP contribution >= 0.6 is 0 Å². The van der Waals surface area contributed by atoms with Crippen molar-refractivity contribution in [1.82, 2.24) is 16.0 Å². The van der Waals surface area contributed by atoms with Gasteiger partial charge in [-0.1, -0.05) is 70.9 Å². The van der Waals surface area contributed by atoms with Crippen LogP contribution in [0.1, 0.15) is 65.9 Å². The first-order valence-electron chi connectivity index (χ1n) is 12.3. The summed E-state index contributed by atoms with van der Waals surface area (Å²) in [5, 5.41) is 8.20. The molecule has 0 aliphatic carbocycles. The molecular formula is C26H39N3O5. The van der Waals surface area contributed by atoms with Crippen molar-refractivity contribution in [2.75, 3.05) is 0 Å². The molecule has 5 atom stereocenters. The van der Waals surface area contributed by atoms with Gasteiger partial charge in [0.25, 0.3) is 0 Å². The summed E-state index contributed by atoms with van der Waals surface area (Å²) in [7, 11) is 0. The molecule has 34 heavy (non-hydrogen) atoms. The van der Waals surface area contributed by atoms with E-state index in [1.165, 1.54) is 0 Å². The highest BCUT2D eigenvalue weighted by atomic mass is 16.5. The van der Waals surface area contributed by atoms with E-state index in [-0.39, 0.29) is 30.6 Å². The van der Waals surface area contributed by atoms with E-state index in [1.807, 2.05) is 51.1 Å². The van der Waals surface area contributed by atoms with Gasteiger partial charge >= 0.3 is 5.97 Å². The van der Waals surface area contributed by atoms with Crippen molar-refractivity contribution >= 4 is 23.7 Å². The molecule has 0 spiro atoms. The molecule has 1 saturated heterocycles. The molecule has 8 nitrogen and oxygen atoms in total. The lowest BCUT2D eigenvalue weighted by Crippen LogP contribution is -2.55. The molecule has 3 amide bonds. The van der Waals surface area contributed by atoms with Crippen molar-refractivity contribution in [3.05, 3.63) is 35.9 Å². The van der Waals surface area contributed by atoms with Crippen LogP contribution in [-0.2, 0) is 30.3 Å². The summed E-state index contributed by atoms with van der Waals surface area (Å²) in [4.78, 5) is 51.9. The molecule has 0 saturated carbocycles. The van der Waals surface area contributed by atoms with Gasteiger partial charge < -0.3 is 20.7 Å². The third kappa shape index (κ3) is 8.15. The molecule has 1 fully saturated rings. The predicted octanol–water partition coefficient (Wildman–Crippen LogP) is 2.50. The maximum absolute atomic E-state index is 13.1. The van der Waals surface area contributed by atoms with Crippen LogP contribution in [0.2, 0.25) is 0 Å². The van der Waals surface area contributed by atoms with Gasteiger partial charge in [-0.2, -0.15) is 0 Å². The minimum atomic E-state index is -0.892. The third-order valence-corrected chi connectivity index (χ3v) is 6.21. The zero-order chi connectivity index (χ0) is 25.3. The maximum Gasteiger partial charge on any atom is 0.329 e. The first kappa shape index (κ1) is 27.3. The lowest BCUT2D eigenvalue weighted by atomic mass is 9.94. The van der Waals surface area contributed by atoms with Crippen LogP contribution in [0, 0.1) is 11.8 Å². The monoisotopic (exact) mass is 473 g/mol. The number of rotatable bonds is 7. The molecule has 1 aromatic rings. The van der Waals surface area contributed by atoms with Crippen LogP contribution in [-0.4, -0.2) is 47.9 Å². The number of esters is 1. The average Bonchev–Trinajstić information content (AvgIpc) is 2.79. The molecule has 8 heteroatoms. The zero-order valence-corrected chi connectivity index (χ0v) is 20.9. The first-order chi connectivity index (χ1) is 16.1. The highest BCUT2D eigenvalue weighted by molar-refractivity contribution is 5.94. The molecule has 0 bridgehead atoms. The summed E-state index contributed by atoms with van der Waals surface area (Å²) >= 11 is 0. The Morgan fingerprint density at radius 2 is 1.65 bits per heavy atom. The van der Waals surface area contributed by atoms with Crippen LogP contribution < -0.4 is 16.0 Å². The van der Waals surface area contributed by atoms with Crippen molar-refractivity contribution in [2.45, 2.75) is 91.0 Å². The molecule has 0 radical (unpaired) electrons. The lowest BCUT2D eigenvalue weighted by molar-refractivity contribution is -0.158. The second-order valence-electron chi connectivity index (χ2n) is 9.57. The van der Waals surface area contributed by atoms with Crippen molar-refractivity contribution in [3.63, 3.8) is 0 Å². The number of cyclic esters (lactones) is 1. The van der Waals surface area contributed by atoms with Crippen molar-refractivity contribution in [2.24, 2.45) is 11.8 Å². The molecule has 1 aromatic carbocycles. The summed E-state index contributed by atoms with van der Waals surface area (Å²) in [5.74, 6) is -2.15. The number of benzene rings is 1. The average molecular weight is 474 g/mol. The summed E-state index contributed by atoms with van der Waals surface area (Å²) in [6, 6.07) is 6.72. The van der Waals surface area contributed by atoms with E-state index in [9.17, 15) is 19.2 Å². The van der Waals surface area contributed by atoms with Gasteiger partial charge in [0.15, 0.2) is 0 Å². The van der Waals surface area contributed by atoms with Gasteiger partial charge in [0.2, 0.25) is 17.7 Å². The fraction of sp³-hybridized carbons (Fsp3) is 0.615. The predicted molar refractivity (Wildman–Crippen MR) is 130 cm³/mol. The van der Waals surface area contributed by atoms with E-state index in [4.69, 9.17) is 4.74 Å². The number of carbonyl (C=O) groups is 4. The Kier molecular flexibility index (Phi) is 10.5. The van der Waals surface area contributed by atoms with E-state index >= 15 is 0 Å². The summed E-state index contributed by atoms with van der Waals surface area (Å²) < 4.78 is 5.81. The number of hydrogen-bond acceptors (Lipinski definition) is 5. The maximum atomic E-state index is 13.1. The second-order valence-corrected chi connectivity index (χ2v) is 9.57. The van der Waals surface area contributed by atoms with Crippen LogP contribution in [0.5, 0.6) is 0 Å². The van der Waals surface area contributed by atoms with Crippen molar-refractivity contribution < 1.29 is 23.9 Å². The van der Waals surface area contributed by atoms with Crippen LogP contribution in [0.25, 0.3) is 0 Å². The summed E-state index contributed by atoms with van der Waals surface area (Å²) in [6.45, 7) is 9.20. The fourth-order valence-electron chi connectivity index (χ4n) is 3.94. The topological polar surface area (TPSA) is 114 Å². The van der Waals surface area contributed by atoms with E-state index in [0.717, 1.165) is 24.8 Å². The highest BCUT2D eigenvalue weighted by Gasteiger charge is 2.34. The van der Waals surface area contributed by atoms with E-state index in [0.29, 0.717) is 0 Å². The zero-order valence-electron chi connectivity index (χ0n) is 20.9. The second kappa shape index (κ2) is 13.1. The molecule has 0 aromatic heterocycles. The Balaban J connectivity index is 2.35. The van der Waals surface area contributed by atoms with E-state index in [2.05, 4.69) is 22.9 Å². The molecule has 1 aliphatic rings. The number of unbranched alkanes of at least 4 members (excludes halogenated alkanes) is 1. The fourth-order valence-corrected chi connectivity index (χ4v) is 3.94. The molecule has 5 unspecified atom stereocenters. The Morgan fingerprint density at radius 3 is 2.26 bits per heavy atom. The minimum absolute atomic E-state index is 0.0521. The molecule has 1 heterocycles. The number of amides is 3. The summed E-state index contributed by atoms with van der Waals surface area (Å²) in [5.41, 5.74) is 0.878. The van der Waals surface area contributed by atoms with Gasteiger partial charge in [-0.15, -0.1) is 0 Å². The molecule has 2 rings (SSSR count). The largest absolute Gasteiger partial charge is 0.460 e. The van der Waals surface area contributed by atoms with Gasteiger partial charge in [-0.25, -0.2) is 4.79 Å². The third-order valence-electron chi connectivity index (χ3n) is 6.21. The highest BCUT2D eigenvalue weighted by Crippen LogP contribution is 2.20. The Morgan fingerprint density at radius 1 is 0.971 bits per heavy atom. The smallest absolute Gasteiger partial charge is 0.329 e. The minimum Gasteiger partial charge on any atom is -0.460 e. The van der Waals surface area contributed by atoms with Crippen molar-refractivity contribution in [1.29, 1.82) is 0 Å². The van der Waals surface area contributed by atoms with Crippen molar-refractivity contribution in [3.8, 4) is 0 Å². The number of carbonyl (C=O) groups excluding carboxylic acids is 4. The standard InChI is InChI=1S/C26H39N3O5/c1-6-7-11-17(4)21-15-22(30)28-20(14-19-12-9-8-10-13-19)25(32)27-18(5)24(31)29-23(16(2)3)26(33)34-21/h8-10,12-13,16-18,20-21,23H,6-7,11,14-15H2,1-5H3,(H,27,32)(H,28,30)(H,29,31). The molecule has 1 aliphatic heterocycles. The van der Waals surface area contributed by atoms with Crippen LogP contribution in [0.4, 0.5) is 0 Å². The first-order valence-corrected chi connectivity index (χ1v) is 12.3. The van der Waals surface area contributed by atoms with E-state index in [1.54, 1.807) is 6.92 Å².